The van der Waals surface area contributed by atoms with Gasteiger partial charge >= 0.3 is 18.9 Å². The van der Waals surface area contributed by atoms with Gasteiger partial charge < -0.3 is 5.11 Å². The van der Waals surface area contributed by atoms with Crippen molar-refractivity contribution in [3.63, 3.8) is 0 Å². The van der Waals surface area contributed by atoms with E-state index in [1.165, 1.54) is 0 Å². The molecule has 64 valence electrons. The minimum absolute atomic E-state index is 0. The average molecular weight is 160 g/mol. The summed E-state index contributed by atoms with van der Waals surface area (Å²) in [6, 6.07) is 0. The van der Waals surface area contributed by atoms with E-state index in [2.05, 4.69) is 6.58 Å². The molecule has 0 amide bonds. The predicted molar refractivity (Wildman–Crippen MR) is 47.0 cm³/mol. The molecule has 12 heavy (non-hydrogen) atoms. The van der Waals surface area contributed by atoms with Gasteiger partial charge in [0, 0.05) is 0 Å². The maximum Gasteiger partial charge on any atom is 1.00 e. The fraction of sp³-hybridized carbons (Fsp3) is 0.600. The fourth-order valence-corrected chi connectivity index (χ4v) is 0.756. The quantitative estimate of drug-likeness (QED) is 0.281. The van der Waals surface area contributed by atoms with Crippen molar-refractivity contribution in [3.05, 3.63) is 23.5 Å². The van der Waals surface area contributed by atoms with Crippen LogP contribution in [0.1, 0.15) is 34.6 Å². The number of rotatable bonds is 1. The van der Waals surface area contributed by atoms with Crippen LogP contribution in [0.2, 0.25) is 0 Å². The standard InChI is InChI=1S/C10H18O.Li/c1-7(2)8(3)9(11)10(4,5)6;/h11H,1H2,2-6H3;/q;+1/p-1/b9-8-;. The van der Waals surface area contributed by atoms with Crippen molar-refractivity contribution in [2.75, 3.05) is 0 Å². The molecule has 0 radical (unpaired) electrons. The van der Waals surface area contributed by atoms with Crippen molar-refractivity contribution in [3.8, 4) is 0 Å². The maximum atomic E-state index is 11.5. The minimum atomic E-state index is -0.275. The summed E-state index contributed by atoms with van der Waals surface area (Å²) in [4.78, 5) is 0. The van der Waals surface area contributed by atoms with E-state index in [1.54, 1.807) is 0 Å². The van der Waals surface area contributed by atoms with E-state index < -0.39 is 0 Å². The molecule has 0 fully saturated rings. The normalized spacial score (nSPS) is 13.1. The Bertz CT molecular complexity index is 196. The van der Waals surface area contributed by atoms with Gasteiger partial charge in [-0.25, -0.2) is 0 Å². The third-order valence-electron chi connectivity index (χ3n) is 1.66. The average Bonchev–Trinajstić information content (AvgIpc) is 1.82. The summed E-state index contributed by atoms with van der Waals surface area (Å²) >= 11 is 0. The molecule has 0 saturated heterocycles. The van der Waals surface area contributed by atoms with Crippen LogP contribution in [-0.4, -0.2) is 0 Å². The Kier molecular flexibility index (Phi) is 5.76. The van der Waals surface area contributed by atoms with Gasteiger partial charge in [-0.05, 0) is 19.3 Å². The third-order valence-corrected chi connectivity index (χ3v) is 1.66. The molecule has 0 unspecified atom stereocenters. The molecule has 0 saturated carbocycles. The summed E-state index contributed by atoms with van der Waals surface area (Å²) in [7, 11) is 0. The summed E-state index contributed by atoms with van der Waals surface area (Å²) in [5.74, 6) is 0.185. The van der Waals surface area contributed by atoms with Gasteiger partial charge in [-0.1, -0.05) is 38.5 Å². The Balaban J connectivity index is 0. The van der Waals surface area contributed by atoms with Crippen LogP contribution in [0.25, 0.3) is 0 Å². The van der Waals surface area contributed by atoms with Gasteiger partial charge in [0.2, 0.25) is 0 Å². The van der Waals surface area contributed by atoms with Crippen LogP contribution in [0.5, 0.6) is 0 Å². The van der Waals surface area contributed by atoms with Crippen LogP contribution in [-0.2, 0) is 0 Å². The second-order valence-electron chi connectivity index (χ2n) is 3.98. The molecule has 0 heterocycles. The van der Waals surface area contributed by atoms with Crippen LogP contribution in [0.15, 0.2) is 23.5 Å². The van der Waals surface area contributed by atoms with E-state index in [9.17, 15) is 5.11 Å². The largest absolute Gasteiger partial charge is 1.00 e. The molecule has 0 N–H and O–H groups in total. The Morgan fingerprint density at radius 3 is 1.58 bits per heavy atom. The van der Waals surface area contributed by atoms with Gasteiger partial charge in [-0.2, -0.15) is 0 Å². The van der Waals surface area contributed by atoms with Gasteiger partial charge in [0.1, 0.15) is 0 Å². The molecular formula is C10H17LiO. The topological polar surface area (TPSA) is 23.1 Å². The van der Waals surface area contributed by atoms with Crippen LogP contribution in [0, 0.1) is 5.41 Å². The van der Waals surface area contributed by atoms with Gasteiger partial charge in [-0.15, -0.1) is 5.76 Å². The van der Waals surface area contributed by atoms with E-state index in [4.69, 9.17) is 0 Å². The van der Waals surface area contributed by atoms with Crippen molar-refractivity contribution in [2.45, 2.75) is 34.6 Å². The summed E-state index contributed by atoms with van der Waals surface area (Å²) in [5.41, 5.74) is 1.38. The smallest absolute Gasteiger partial charge is 0.875 e. The molecule has 0 aromatic heterocycles. The fourth-order valence-electron chi connectivity index (χ4n) is 0.756. The maximum absolute atomic E-state index is 11.5. The zero-order valence-corrected chi connectivity index (χ0v) is 9.12. The molecule has 0 rings (SSSR count). The molecule has 0 spiro atoms. The van der Waals surface area contributed by atoms with Gasteiger partial charge in [0.05, 0.1) is 0 Å². The van der Waals surface area contributed by atoms with Crippen molar-refractivity contribution >= 4 is 0 Å². The summed E-state index contributed by atoms with van der Waals surface area (Å²) < 4.78 is 0. The SMILES string of the molecule is C=C(C)/C(C)=C(\[O-])C(C)(C)C.[Li+]. The molecule has 0 bridgehead atoms. The van der Waals surface area contributed by atoms with E-state index in [0.717, 1.165) is 11.1 Å². The van der Waals surface area contributed by atoms with Gasteiger partial charge in [-0.3, -0.25) is 0 Å². The van der Waals surface area contributed by atoms with Crippen LogP contribution in [0.3, 0.4) is 0 Å². The number of allylic oxidation sites excluding steroid dienone is 3. The molecule has 0 aliphatic carbocycles. The Morgan fingerprint density at radius 2 is 1.50 bits per heavy atom. The molecule has 0 atom stereocenters. The van der Waals surface area contributed by atoms with Crippen LogP contribution < -0.4 is 24.0 Å². The monoisotopic (exact) mass is 160 g/mol. The Hall–Kier alpha value is -0.123. The molecule has 0 aromatic rings. The zero-order chi connectivity index (χ0) is 9.23. The van der Waals surface area contributed by atoms with E-state index in [1.807, 2.05) is 34.6 Å². The summed E-state index contributed by atoms with van der Waals surface area (Å²) in [6.07, 6.45) is 0. The predicted octanol–water partition coefficient (Wildman–Crippen LogP) is -0.753. The first-order valence-electron chi connectivity index (χ1n) is 3.81. The van der Waals surface area contributed by atoms with Crippen molar-refractivity contribution < 1.29 is 24.0 Å². The first kappa shape index (κ1) is 14.4. The first-order chi connectivity index (χ1) is 4.76. The van der Waals surface area contributed by atoms with Crippen molar-refractivity contribution in [2.24, 2.45) is 5.41 Å². The van der Waals surface area contributed by atoms with E-state index >= 15 is 0 Å². The second-order valence-corrected chi connectivity index (χ2v) is 3.98. The van der Waals surface area contributed by atoms with E-state index in [0.29, 0.717) is 0 Å². The Labute approximate surface area is 87.7 Å². The van der Waals surface area contributed by atoms with Gasteiger partial charge in [0.15, 0.2) is 0 Å². The van der Waals surface area contributed by atoms with Crippen molar-refractivity contribution in [1.29, 1.82) is 0 Å². The minimum Gasteiger partial charge on any atom is -0.875 e. The zero-order valence-electron chi connectivity index (χ0n) is 9.12. The molecule has 1 nitrogen and oxygen atoms in total. The van der Waals surface area contributed by atoms with Crippen molar-refractivity contribution in [1.82, 2.24) is 0 Å². The number of hydrogen-bond acceptors (Lipinski definition) is 1. The van der Waals surface area contributed by atoms with E-state index in [-0.39, 0.29) is 30.0 Å². The molecule has 2 heteroatoms. The Morgan fingerprint density at radius 1 is 1.17 bits per heavy atom. The van der Waals surface area contributed by atoms with Crippen LogP contribution in [0.4, 0.5) is 0 Å². The second kappa shape index (κ2) is 4.79. The first-order valence-corrected chi connectivity index (χ1v) is 3.81. The van der Waals surface area contributed by atoms with Crippen LogP contribution >= 0.6 is 0 Å². The molecule has 0 aromatic carbocycles. The molecule has 0 aliphatic heterocycles. The third kappa shape index (κ3) is 4.04. The summed E-state index contributed by atoms with van der Waals surface area (Å²) in [5, 5.41) is 11.5. The van der Waals surface area contributed by atoms with Gasteiger partial charge in [0.25, 0.3) is 0 Å². The molecule has 0 aliphatic rings. The molecular weight excluding hydrogens is 143 g/mol. The summed E-state index contributed by atoms with van der Waals surface area (Å²) in [6.45, 7) is 13.2. The number of hydrogen-bond donors (Lipinski definition) is 0.